The molecule has 1 unspecified atom stereocenters. The third-order valence-corrected chi connectivity index (χ3v) is 4.76. The zero-order valence-corrected chi connectivity index (χ0v) is 14.6. The van der Waals surface area contributed by atoms with Crippen LogP contribution in [-0.4, -0.2) is 27.1 Å². The average molecular weight is 350 g/mol. The molecule has 1 atom stereocenters. The Balaban J connectivity index is 2.40. The molecule has 2 rings (SSSR count). The summed E-state index contributed by atoms with van der Waals surface area (Å²) in [6, 6.07) is 15.3. The van der Waals surface area contributed by atoms with Crippen molar-refractivity contribution in [3.05, 3.63) is 65.7 Å². The lowest BCUT2D eigenvalue weighted by atomic mass is 10.00. The lowest BCUT2D eigenvalue weighted by molar-refractivity contribution is 0.0657. The highest BCUT2D eigenvalue weighted by molar-refractivity contribution is 7.48. The summed E-state index contributed by atoms with van der Waals surface area (Å²) in [5.74, 6) is 0.279. The highest BCUT2D eigenvalue weighted by Gasteiger charge is 2.34. The van der Waals surface area contributed by atoms with Crippen molar-refractivity contribution in [1.29, 1.82) is 0 Å². The van der Waals surface area contributed by atoms with E-state index in [0.29, 0.717) is 16.9 Å². The van der Waals surface area contributed by atoms with Crippen LogP contribution in [0.4, 0.5) is 0 Å². The third kappa shape index (κ3) is 4.30. The first-order valence-corrected chi connectivity index (χ1v) is 8.62. The quantitative estimate of drug-likeness (QED) is 0.529. The molecule has 0 aromatic heterocycles. The van der Waals surface area contributed by atoms with Crippen LogP contribution in [0.2, 0.25) is 0 Å². The fraction of sp³-hybridized carbons (Fsp3) is 0.235. The fourth-order valence-corrected chi connectivity index (χ4v) is 2.88. The Morgan fingerprint density at radius 1 is 0.917 bits per heavy atom. The number of phosphoric acid groups is 1. The maximum absolute atomic E-state index is 12.8. The first-order chi connectivity index (χ1) is 11.5. The molecule has 0 bridgehead atoms. The van der Waals surface area contributed by atoms with Crippen LogP contribution in [0.3, 0.4) is 0 Å². The van der Waals surface area contributed by atoms with Gasteiger partial charge in [0.2, 0.25) is 0 Å². The molecule has 0 aliphatic rings. The summed E-state index contributed by atoms with van der Waals surface area (Å²) in [5.41, 5.74) is 0.941. The second-order valence-electron chi connectivity index (χ2n) is 4.80. The minimum Gasteiger partial charge on any atom is -0.497 e. The van der Waals surface area contributed by atoms with Crippen LogP contribution in [0.5, 0.6) is 5.75 Å². The van der Waals surface area contributed by atoms with Crippen LogP contribution < -0.4 is 4.74 Å². The molecule has 0 aliphatic heterocycles. The number of ketones is 1. The lowest BCUT2D eigenvalue weighted by Crippen LogP contribution is -2.16. The maximum atomic E-state index is 12.8. The van der Waals surface area contributed by atoms with Gasteiger partial charge in [0.15, 0.2) is 11.9 Å². The zero-order chi connectivity index (χ0) is 17.6. The number of rotatable bonds is 8. The molecule has 7 heteroatoms. The van der Waals surface area contributed by atoms with Gasteiger partial charge in [-0.05, 0) is 17.7 Å². The van der Waals surface area contributed by atoms with Crippen LogP contribution in [0.1, 0.15) is 22.0 Å². The second-order valence-corrected chi connectivity index (χ2v) is 6.64. The molecule has 0 spiro atoms. The van der Waals surface area contributed by atoms with Gasteiger partial charge in [0.1, 0.15) is 5.75 Å². The van der Waals surface area contributed by atoms with E-state index in [1.165, 1.54) is 14.2 Å². The number of phosphoric ester groups is 1. The molecule has 0 saturated heterocycles. The normalized spacial score (nSPS) is 12.6. The number of Topliss-reactive ketones (excluding diaryl/α,β-unsaturated/α-hetero) is 1. The van der Waals surface area contributed by atoms with Crippen molar-refractivity contribution in [3.8, 4) is 5.75 Å². The Labute approximate surface area is 140 Å². The van der Waals surface area contributed by atoms with E-state index in [0.717, 1.165) is 0 Å². The maximum Gasteiger partial charge on any atom is 0.475 e. The van der Waals surface area contributed by atoms with E-state index < -0.39 is 13.9 Å². The zero-order valence-electron chi connectivity index (χ0n) is 13.7. The molecular weight excluding hydrogens is 331 g/mol. The van der Waals surface area contributed by atoms with Crippen LogP contribution in [0.25, 0.3) is 0 Å². The van der Waals surface area contributed by atoms with Crippen molar-refractivity contribution in [1.82, 2.24) is 0 Å². The Hall–Kier alpha value is -1.98. The largest absolute Gasteiger partial charge is 0.497 e. The van der Waals surface area contributed by atoms with E-state index in [1.807, 2.05) is 0 Å². The van der Waals surface area contributed by atoms with Gasteiger partial charge < -0.3 is 4.74 Å². The van der Waals surface area contributed by atoms with Crippen LogP contribution in [0.15, 0.2) is 54.6 Å². The molecule has 6 nitrogen and oxygen atoms in total. The van der Waals surface area contributed by atoms with E-state index in [2.05, 4.69) is 0 Å². The Morgan fingerprint density at radius 3 is 2.00 bits per heavy atom. The van der Waals surface area contributed by atoms with Gasteiger partial charge >= 0.3 is 7.82 Å². The number of carbonyl (C=O) groups is 1. The first-order valence-electron chi connectivity index (χ1n) is 7.16. The molecule has 0 saturated carbocycles. The molecule has 0 fully saturated rings. The minimum absolute atomic E-state index is 0.352. The molecule has 0 radical (unpaired) electrons. The van der Waals surface area contributed by atoms with Gasteiger partial charge in [0, 0.05) is 19.8 Å². The van der Waals surface area contributed by atoms with Crippen molar-refractivity contribution >= 4 is 13.6 Å². The van der Waals surface area contributed by atoms with Gasteiger partial charge in [-0.2, -0.15) is 0 Å². The fourth-order valence-electron chi connectivity index (χ4n) is 2.08. The molecule has 2 aromatic rings. The van der Waals surface area contributed by atoms with E-state index in [1.54, 1.807) is 61.7 Å². The molecule has 0 aliphatic carbocycles. The van der Waals surface area contributed by atoms with E-state index >= 15 is 0 Å². The molecule has 0 N–H and O–H groups in total. The standard InChI is InChI=1S/C17H19O6P/c1-20-15-11-9-14(10-12-15)17(23-24(19,21-2)22-3)16(18)13-7-5-4-6-8-13/h4-12,17H,1-3H3. The second kappa shape index (κ2) is 8.22. The van der Waals surface area contributed by atoms with Crippen LogP contribution in [-0.2, 0) is 18.1 Å². The van der Waals surface area contributed by atoms with Crippen molar-refractivity contribution in [3.63, 3.8) is 0 Å². The van der Waals surface area contributed by atoms with Crippen molar-refractivity contribution < 1.29 is 27.7 Å². The van der Waals surface area contributed by atoms with Crippen molar-refractivity contribution in [2.24, 2.45) is 0 Å². The monoisotopic (exact) mass is 350 g/mol. The summed E-state index contributed by atoms with van der Waals surface area (Å²) >= 11 is 0. The molecule has 0 amide bonds. The van der Waals surface area contributed by atoms with Crippen molar-refractivity contribution in [2.75, 3.05) is 21.3 Å². The topological polar surface area (TPSA) is 71.1 Å². The smallest absolute Gasteiger partial charge is 0.475 e. The van der Waals surface area contributed by atoms with Crippen LogP contribution in [0, 0.1) is 0 Å². The van der Waals surface area contributed by atoms with Crippen molar-refractivity contribution in [2.45, 2.75) is 6.10 Å². The summed E-state index contributed by atoms with van der Waals surface area (Å²) in [4.78, 5) is 12.8. The molecule has 24 heavy (non-hydrogen) atoms. The van der Waals surface area contributed by atoms with E-state index in [4.69, 9.17) is 18.3 Å². The van der Waals surface area contributed by atoms with Gasteiger partial charge in [-0.25, -0.2) is 4.57 Å². The van der Waals surface area contributed by atoms with Crippen LogP contribution >= 0.6 is 7.82 Å². The summed E-state index contributed by atoms with van der Waals surface area (Å²) in [5, 5.41) is 0. The summed E-state index contributed by atoms with van der Waals surface area (Å²) < 4.78 is 32.5. The van der Waals surface area contributed by atoms with Gasteiger partial charge in [-0.15, -0.1) is 0 Å². The summed E-state index contributed by atoms with van der Waals surface area (Å²) in [7, 11) is 0.0894. The molecule has 2 aromatic carbocycles. The SMILES string of the molecule is COc1ccc(C(OP(=O)(OC)OC)C(=O)c2ccccc2)cc1. The minimum atomic E-state index is -3.85. The Kier molecular flexibility index (Phi) is 6.29. The number of hydrogen-bond donors (Lipinski definition) is 0. The summed E-state index contributed by atoms with van der Waals surface area (Å²) in [6.07, 6.45) is -1.14. The highest BCUT2D eigenvalue weighted by atomic mass is 31.2. The number of methoxy groups -OCH3 is 1. The Bertz CT molecular complexity index is 706. The molecular formula is C17H19O6P. The molecule has 128 valence electrons. The summed E-state index contributed by atoms with van der Waals surface area (Å²) in [6.45, 7) is 0. The van der Waals surface area contributed by atoms with E-state index in [-0.39, 0.29) is 5.78 Å². The number of ether oxygens (including phenoxy) is 1. The number of benzene rings is 2. The van der Waals surface area contributed by atoms with Gasteiger partial charge in [-0.3, -0.25) is 18.4 Å². The first kappa shape index (κ1) is 18.4. The predicted molar refractivity (Wildman–Crippen MR) is 89.2 cm³/mol. The third-order valence-electron chi connectivity index (χ3n) is 3.40. The van der Waals surface area contributed by atoms with E-state index in [9.17, 15) is 9.36 Å². The predicted octanol–water partition coefficient (Wildman–Crippen LogP) is 4.04. The lowest BCUT2D eigenvalue weighted by Gasteiger charge is -2.21. The average Bonchev–Trinajstić information content (AvgIpc) is 2.66. The molecule has 0 heterocycles. The number of hydrogen-bond acceptors (Lipinski definition) is 6. The van der Waals surface area contributed by atoms with Gasteiger partial charge in [0.05, 0.1) is 7.11 Å². The van der Waals surface area contributed by atoms with Gasteiger partial charge in [0.25, 0.3) is 0 Å². The number of carbonyl (C=O) groups excluding carboxylic acids is 1. The van der Waals surface area contributed by atoms with Gasteiger partial charge in [-0.1, -0.05) is 42.5 Å². The Morgan fingerprint density at radius 2 is 1.50 bits per heavy atom. The highest BCUT2D eigenvalue weighted by Crippen LogP contribution is 2.52.